The van der Waals surface area contributed by atoms with Crippen molar-refractivity contribution in [2.45, 2.75) is 43.4 Å². The molecule has 2 rings (SSSR count). The highest BCUT2D eigenvalue weighted by molar-refractivity contribution is 9.10. The van der Waals surface area contributed by atoms with E-state index in [0.29, 0.717) is 17.6 Å². The second kappa shape index (κ2) is 6.53. The summed E-state index contributed by atoms with van der Waals surface area (Å²) in [7, 11) is -3.59. The molecule has 7 heteroatoms. The van der Waals surface area contributed by atoms with Crippen LogP contribution in [0.5, 0.6) is 0 Å². The number of nitrogens with two attached hydrogens (primary N) is 1. The fourth-order valence-electron chi connectivity index (χ4n) is 2.26. The molecular weight excluding hydrogens is 344 g/mol. The molecule has 1 aromatic rings. The van der Waals surface area contributed by atoms with Gasteiger partial charge in [-0.1, -0.05) is 6.07 Å². The standard InChI is InChI=1S/C13H19BrN2O3S/c1-9(12-3-2-6-19-12)16-20(17,18)13-7-10(8-15)4-5-11(13)14/h4-5,7,9,12,16H,2-3,6,8,15H2,1H3. The summed E-state index contributed by atoms with van der Waals surface area (Å²) >= 11 is 3.28. The van der Waals surface area contributed by atoms with Gasteiger partial charge in [-0.25, -0.2) is 13.1 Å². The molecule has 1 heterocycles. The van der Waals surface area contributed by atoms with Crippen LogP contribution in [-0.4, -0.2) is 27.2 Å². The maximum atomic E-state index is 12.5. The minimum atomic E-state index is -3.59. The minimum absolute atomic E-state index is 0.0544. The molecule has 2 atom stereocenters. The Labute approximate surface area is 128 Å². The third kappa shape index (κ3) is 3.59. The van der Waals surface area contributed by atoms with Crippen molar-refractivity contribution in [1.29, 1.82) is 0 Å². The van der Waals surface area contributed by atoms with Crippen molar-refractivity contribution in [2.24, 2.45) is 5.73 Å². The number of benzene rings is 1. The van der Waals surface area contributed by atoms with Crippen molar-refractivity contribution < 1.29 is 13.2 Å². The molecule has 1 fully saturated rings. The van der Waals surface area contributed by atoms with E-state index in [4.69, 9.17) is 10.5 Å². The summed E-state index contributed by atoms with van der Waals surface area (Å²) in [5, 5.41) is 0. The lowest BCUT2D eigenvalue weighted by Crippen LogP contribution is -2.40. The Morgan fingerprint density at radius 2 is 2.30 bits per heavy atom. The Kier molecular flexibility index (Phi) is 5.19. The van der Waals surface area contributed by atoms with Gasteiger partial charge >= 0.3 is 0 Å². The fraction of sp³-hybridized carbons (Fsp3) is 0.538. The van der Waals surface area contributed by atoms with E-state index in [9.17, 15) is 8.42 Å². The van der Waals surface area contributed by atoms with Gasteiger partial charge in [0.15, 0.2) is 0 Å². The van der Waals surface area contributed by atoms with E-state index in [1.807, 2.05) is 6.92 Å². The SMILES string of the molecule is CC(NS(=O)(=O)c1cc(CN)ccc1Br)C1CCCO1. The van der Waals surface area contributed by atoms with Gasteiger partial charge in [0.25, 0.3) is 0 Å². The maximum Gasteiger partial charge on any atom is 0.242 e. The molecule has 1 saturated heterocycles. The van der Waals surface area contributed by atoms with Gasteiger partial charge in [-0.15, -0.1) is 0 Å². The topological polar surface area (TPSA) is 81.4 Å². The number of ether oxygens (including phenoxy) is 1. The summed E-state index contributed by atoms with van der Waals surface area (Å²) in [5.41, 5.74) is 6.34. The van der Waals surface area contributed by atoms with Crippen LogP contribution in [0.2, 0.25) is 0 Å². The predicted molar refractivity (Wildman–Crippen MR) is 80.8 cm³/mol. The zero-order chi connectivity index (χ0) is 14.8. The molecule has 1 aliphatic rings. The third-order valence-electron chi connectivity index (χ3n) is 3.38. The van der Waals surface area contributed by atoms with Gasteiger partial charge in [0.1, 0.15) is 0 Å². The Balaban J connectivity index is 2.21. The van der Waals surface area contributed by atoms with Crippen LogP contribution in [0.3, 0.4) is 0 Å². The molecule has 2 unspecified atom stereocenters. The van der Waals surface area contributed by atoms with E-state index in [0.717, 1.165) is 18.4 Å². The molecule has 0 amide bonds. The zero-order valence-electron chi connectivity index (χ0n) is 11.3. The number of hydrogen-bond donors (Lipinski definition) is 2. The monoisotopic (exact) mass is 362 g/mol. The van der Waals surface area contributed by atoms with Crippen LogP contribution in [0.1, 0.15) is 25.3 Å². The van der Waals surface area contributed by atoms with Gasteiger partial charge < -0.3 is 10.5 Å². The first kappa shape index (κ1) is 15.9. The molecule has 0 radical (unpaired) electrons. The average Bonchev–Trinajstić information content (AvgIpc) is 2.92. The first-order valence-electron chi connectivity index (χ1n) is 6.56. The van der Waals surface area contributed by atoms with Gasteiger partial charge in [-0.3, -0.25) is 0 Å². The molecule has 5 nitrogen and oxygen atoms in total. The molecule has 20 heavy (non-hydrogen) atoms. The lowest BCUT2D eigenvalue weighted by Gasteiger charge is -2.20. The minimum Gasteiger partial charge on any atom is -0.377 e. The molecule has 0 aromatic heterocycles. The molecule has 112 valence electrons. The van der Waals surface area contributed by atoms with Crippen molar-refractivity contribution in [3.05, 3.63) is 28.2 Å². The molecule has 0 bridgehead atoms. The molecule has 1 aromatic carbocycles. The van der Waals surface area contributed by atoms with Crippen LogP contribution in [0.4, 0.5) is 0 Å². The van der Waals surface area contributed by atoms with Crippen molar-refractivity contribution in [2.75, 3.05) is 6.61 Å². The molecule has 3 N–H and O–H groups in total. The third-order valence-corrected chi connectivity index (χ3v) is 5.94. The van der Waals surface area contributed by atoms with Crippen LogP contribution in [0.25, 0.3) is 0 Å². The van der Waals surface area contributed by atoms with Crippen LogP contribution < -0.4 is 10.5 Å². The fourth-order valence-corrected chi connectivity index (χ4v) is 4.55. The van der Waals surface area contributed by atoms with Gasteiger partial charge in [-0.05, 0) is 53.4 Å². The van der Waals surface area contributed by atoms with Gasteiger partial charge in [0.2, 0.25) is 10.0 Å². The van der Waals surface area contributed by atoms with E-state index in [1.165, 1.54) is 0 Å². The number of hydrogen-bond acceptors (Lipinski definition) is 4. The van der Waals surface area contributed by atoms with Crippen LogP contribution in [0, 0.1) is 0 Å². The van der Waals surface area contributed by atoms with Crippen LogP contribution >= 0.6 is 15.9 Å². The van der Waals surface area contributed by atoms with Crippen molar-refractivity contribution in [3.63, 3.8) is 0 Å². The van der Waals surface area contributed by atoms with E-state index in [1.54, 1.807) is 18.2 Å². The smallest absolute Gasteiger partial charge is 0.242 e. The number of sulfonamides is 1. The Bertz CT molecular complexity index is 571. The second-order valence-electron chi connectivity index (χ2n) is 4.93. The first-order chi connectivity index (χ1) is 9.44. The lowest BCUT2D eigenvalue weighted by molar-refractivity contribution is 0.0902. The van der Waals surface area contributed by atoms with Crippen LogP contribution in [-0.2, 0) is 21.3 Å². The maximum absolute atomic E-state index is 12.5. The van der Waals surface area contributed by atoms with E-state index < -0.39 is 10.0 Å². The summed E-state index contributed by atoms with van der Waals surface area (Å²) in [6.07, 6.45) is 1.80. The van der Waals surface area contributed by atoms with Crippen molar-refractivity contribution in [3.8, 4) is 0 Å². The zero-order valence-corrected chi connectivity index (χ0v) is 13.7. The van der Waals surface area contributed by atoms with E-state index >= 15 is 0 Å². The molecule has 0 saturated carbocycles. The first-order valence-corrected chi connectivity index (χ1v) is 8.84. The highest BCUT2D eigenvalue weighted by Gasteiger charge is 2.28. The normalized spacial score (nSPS) is 21.1. The second-order valence-corrected chi connectivity index (χ2v) is 7.47. The van der Waals surface area contributed by atoms with E-state index in [2.05, 4.69) is 20.7 Å². The van der Waals surface area contributed by atoms with Crippen LogP contribution in [0.15, 0.2) is 27.6 Å². The summed E-state index contributed by atoms with van der Waals surface area (Å²) in [4.78, 5) is 0.213. The lowest BCUT2D eigenvalue weighted by atomic mass is 10.1. The summed E-state index contributed by atoms with van der Waals surface area (Å²) in [6, 6.07) is 4.84. The Morgan fingerprint density at radius 1 is 1.55 bits per heavy atom. The van der Waals surface area contributed by atoms with Crippen molar-refractivity contribution in [1.82, 2.24) is 4.72 Å². The van der Waals surface area contributed by atoms with Gasteiger partial charge in [0.05, 0.1) is 11.0 Å². The predicted octanol–water partition coefficient (Wildman–Crippen LogP) is 1.75. The summed E-state index contributed by atoms with van der Waals surface area (Å²) in [6.45, 7) is 2.83. The number of nitrogens with one attached hydrogen (secondary N) is 1. The van der Waals surface area contributed by atoms with Crippen molar-refractivity contribution >= 4 is 26.0 Å². The molecule has 0 aliphatic carbocycles. The molecule has 0 spiro atoms. The quantitative estimate of drug-likeness (QED) is 0.835. The van der Waals surface area contributed by atoms with E-state index in [-0.39, 0.29) is 17.0 Å². The Morgan fingerprint density at radius 3 is 2.90 bits per heavy atom. The summed E-state index contributed by atoms with van der Waals surface area (Å²) < 4.78 is 33.6. The number of halogens is 1. The van der Waals surface area contributed by atoms with Gasteiger partial charge in [0, 0.05) is 23.7 Å². The summed E-state index contributed by atoms with van der Waals surface area (Å²) in [5.74, 6) is 0. The molecular formula is C13H19BrN2O3S. The highest BCUT2D eigenvalue weighted by atomic mass is 79.9. The highest BCUT2D eigenvalue weighted by Crippen LogP contribution is 2.24. The Hall–Kier alpha value is -0.470. The largest absolute Gasteiger partial charge is 0.377 e. The average molecular weight is 363 g/mol. The number of rotatable bonds is 5. The molecule has 1 aliphatic heterocycles. The van der Waals surface area contributed by atoms with Gasteiger partial charge in [-0.2, -0.15) is 0 Å².